The van der Waals surface area contributed by atoms with Crippen molar-refractivity contribution in [1.29, 1.82) is 0 Å². The van der Waals surface area contributed by atoms with Gasteiger partial charge < -0.3 is 19.0 Å². The van der Waals surface area contributed by atoms with Crippen LogP contribution < -0.4 is 0 Å². The molecule has 4 atom stereocenters. The van der Waals surface area contributed by atoms with Gasteiger partial charge in [-0.1, -0.05) is 20.8 Å². The molecule has 23 heavy (non-hydrogen) atoms. The molecule has 4 nitrogen and oxygen atoms in total. The van der Waals surface area contributed by atoms with Crippen LogP contribution in [0.1, 0.15) is 46.5 Å². The largest absolute Gasteiger partial charge is 0.416 e. The molecule has 1 heterocycles. The predicted molar refractivity (Wildman–Crippen MR) is 92.7 cm³/mol. The second kappa shape index (κ2) is 6.10. The van der Waals surface area contributed by atoms with Gasteiger partial charge in [-0.05, 0) is 49.2 Å². The third-order valence-corrected chi connectivity index (χ3v) is 11.4. The van der Waals surface area contributed by atoms with Gasteiger partial charge in [0.1, 0.15) is 0 Å². The summed E-state index contributed by atoms with van der Waals surface area (Å²) in [7, 11) is -1.79. The van der Waals surface area contributed by atoms with Crippen LogP contribution in [0.2, 0.25) is 18.1 Å². The van der Waals surface area contributed by atoms with Crippen molar-refractivity contribution in [2.75, 3.05) is 19.8 Å². The summed E-state index contributed by atoms with van der Waals surface area (Å²) in [6.45, 7) is 13.5. The Hall–Kier alpha value is 0.0569. The number of fused-ring (bicyclic) bond motifs is 1. The van der Waals surface area contributed by atoms with Crippen LogP contribution >= 0.6 is 0 Å². The van der Waals surface area contributed by atoms with Crippen molar-refractivity contribution in [3.8, 4) is 0 Å². The average molecular weight is 343 g/mol. The maximum Gasteiger partial charge on any atom is 0.191 e. The first-order valence-corrected chi connectivity index (χ1v) is 12.2. The minimum atomic E-state index is -1.79. The highest BCUT2D eigenvalue weighted by atomic mass is 28.4. The first kappa shape index (κ1) is 17.9. The summed E-state index contributed by atoms with van der Waals surface area (Å²) < 4.78 is 18.8. The van der Waals surface area contributed by atoms with E-state index in [1.165, 1.54) is 0 Å². The third-order valence-electron chi connectivity index (χ3n) is 6.85. The Balaban J connectivity index is 1.76. The molecule has 0 amide bonds. The van der Waals surface area contributed by atoms with Crippen LogP contribution in [0.5, 0.6) is 0 Å². The van der Waals surface area contributed by atoms with E-state index < -0.39 is 14.1 Å². The zero-order chi connectivity index (χ0) is 16.9. The van der Waals surface area contributed by atoms with E-state index in [-0.39, 0.29) is 17.1 Å². The van der Waals surface area contributed by atoms with Gasteiger partial charge in [0.15, 0.2) is 14.1 Å². The molecule has 3 rings (SSSR count). The highest BCUT2D eigenvalue weighted by molar-refractivity contribution is 6.74. The number of hydrogen-bond donors (Lipinski definition) is 1. The van der Waals surface area contributed by atoms with E-state index in [0.717, 1.165) is 25.7 Å². The van der Waals surface area contributed by atoms with E-state index in [9.17, 15) is 5.11 Å². The summed E-state index contributed by atoms with van der Waals surface area (Å²) in [6, 6.07) is 0. The Morgan fingerprint density at radius 1 is 1.17 bits per heavy atom. The first-order chi connectivity index (χ1) is 10.6. The lowest BCUT2D eigenvalue weighted by Crippen LogP contribution is -2.46. The van der Waals surface area contributed by atoms with E-state index >= 15 is 0 Å². The molecule has 1 N–H and O–H groups in total. The van der Waals surface area contributed by atoms with Crippen molar-refractivity contribution in [3.05, 3.63) is 0 Å². The Morgan fingerprint density at radius 3 is 2.43 bits per heavy atom. The second-order valence-electron chi connectivity index (χ2n) is 9.28. The minimum absolute atomic E-state index is 0.164. The van der Waals surface area contributed by atoms with Gasteiger partial charge in [-0.25, -0.2) is 0 Å². The maximum absolute atomic E-state index is 10.1. The van der Waals surface area contributed by atoms with Crippen molar-refractivity contribution >= 4 is 8.32 Å². The average Bonchev–Trinajstić information content (AvgIpc) is 3.01. The molecule has 2 aliphatic carbocycles. The van der Waals surface area contributed by atoms with Crippen LogP contribution in [0.4, 0.5) is 0 Å². The Labute approximate surface area is 142 Å². The summed E-state index contributed by atoms with van der Waals surface area (Å²) >= 11 is 0. The summed E-state index contributed by atoms with van der Waals surface area (Å²) in [6.07, 6.45) is 3.72. The molecule has 2 saturated carbocycles. The van der Waals surface area contributed by atoms with Gasteiger partial charge >= 0.3 is 0 Å². The van der Waals surface area contributed by atoms with Gasteiger partial charge in [-0.2, -0.15) is 0 Å². The molecule has 0 bridgehead atoms. The van der Waals surface area contributed by atoms with E-state index in [4.69, 9.17) is 13.9 Å². The number of aliphatic hydroxyl groups is 1. The molecule has 1 aliphatic heterocycles. The maximum atomic E-state index is 10.1. The molecule has 0 radical (unpaired) electrons. The second-order valence-corrected chi connectivity index (χ2v) is 14.1. The molecule has 0 aromatic carbocycles. The van der Waals surface area contributed by atoms with Gasteiger partial charge in [-0.15, -0.1) is 0 Å². The SMILES string of the molecule is CC(C)(C)[Si](C)(C)OC[C@H]1[C@@H]2CC(O)CC[C@H]2CC12OCCO2. The smallest absolute Gasteiger partial charge is 0.191 e. The Morgan fingerprint density at radius 2 is 1.83 bits per heavy atom. The fourth-order valence-corrected chi connectivity index (χ4v) is 5.43. The van der Waals surface area contributed by atoms with Crippen molar-refractivity contribution in [2.45, 2.75) is 76.5 Å². The zero-order valence-corrected chi connectivity index (χ0v) is 16.4. The van der Waals surface area contributed by atoms with Crippen molar-refractivity contribution < 1.29 is 19.0 Å². The van der Waals surface area contributed by atoms with Crippen LogP contribution in [0, 0.1) is 17.8 Å². The van der Waals surface area contributed by atoms with Crippen molar-refractivity contribution in [1.82, 2.24) is 0 Å². The van der Waals surface area contributed by atoms with Crippen LogP contribution in [0.15, 0.2) is 0 Å². The number of rotatable bonds is 3. The molecule has 1 saturated heterocycles. The van der Waals surface area contributed by atoms with Crippen LogP contribution in [-0.2, 0) is 13.9 Å². The van der Waals surface area contributed by atoms with Crippen molar-refractivity contribution in [3.63, 3.8) is 0 Å². The predicted octanol–water partition coefficient (Wildman–Crippen LogP) is 3.55. The summed E-state index contributed by atoms with van der Waals surface area (Å²) in [5, 5.41) is 10.4. The minimum Gasteiger partial charge on any atom is -0.416 e. The topological polar surface area (TPSA) is 47.9 Å². The molecule has 0 aromatic rings. The van der Waals surface area contributed by atoms with E-state index in [1.807, 2.05) is 0 Å². The molecule has 134 valence electrons. The monoisotopic (exact) mass is 342 g/mol. The molecule has 5 heteroatoms. The lowest BCUT2D eigenvalue weighted by atomic mass is 9.77. The summed E-state index contributed by atoms with van der Waals surface area (Å²) in [5.74, 6) is 0.909. The lowest BCUT2D eigenvalue weighted by molar-refractivity contribution is -0.193. The van der Waals surface area contributed by atoms with Crippen molar-refractivity contribution in [2.24, 2.45) is 17.8 Å². The highest BCUT2D eigenvalue weighted by Gasteiger charge is 2.58. The molecule has 0 aromatic heterocycles. The fraction of sp³-hybridized carbons (Fsp3) is 1.00. The van der Waals surface area contributed by atoms with E-state index in [2.05, 4.69) is 33.9 Å². The normalized spacial score (nSPS) is 37.3. The van der Waals surface area contributed by atoms with Gasteiger partial charge in [0.05, 0.1) is 19.3 Å². The third kappa shape index (κ3) is 3.27. The van der Waals surface area contributed by atoms with E-state index in [1.54, 1.807) is 0 Å². The zero-order valence-electron chi connectivity index (χ0n) is 15.4. The Bertz CT molecular complexity index is 425. The van der Waals surface area contributed by atoms with Crippen LogP contribution in [0.3, 0.4) is 0 Å². The number of hydrogen-bond acceptors (Lipinski definition) is 4. The first-order valence-electron chi connectivity index (χ1n) is 9.24. The van der Waals surface area contributed by atoms with Gasteiger partial charge in [-0.3, -0.25) is 0 Å². The van der Waals surface area contributed by atoms with E-state index in [0.29, 0.717) is 31.7 Å². The molecular weight excluding hydrogens is 308 g/mol. The quantitative estimate of drug-likeness (QED) is 0.797. The van der Waals surface area contributed by atoms with Crippen LogP contribution in [-0.4, -0.2) is 45.1 Å². The number of aliphatic hydroxyl groups excluding tert-OH is 1. The van der Waals surface area contributed by atoms with Gasteiger partial charge in [0, 0.05) is 18.9 Å². The molecule has 1 spiro atoms. The van der Waals surface area contributed by atoms with Crippen LogP contribution in [0.25, 0.3) is 0 Å². The fourth-order valence-electron chi connectivity index (χ4n) is 4.40. The van der Waals surface area contributed by atoms with Gasteiger partial charge in [0.25, 0.3) is 0 Å². The standard InChI is InChI=1S/C18H34O4Si/c1-17(2,3)23(4,5)22-12-16-15-10-14(19)7-6-13(15)11-18(16)20-8-9-21-18/h13-16,19H,6-12H2,1-5H3/t13-,14?,15+,16-/m0/s1. The van der Waals surface area contributed by atoms with Gasteiger partial charge in [0.2, 0.25) is 0 Å². The summed E-state index contributed by atoms with van der Waals surface area (Å²) in [4.78, 5) is 0. The lowest BCUT2D eigenvalue weighted by Gasteiger charge is -2.40. The molecule has 3 aliphatic rings. The Kier molecular flexibility index (Phi) is 4.73. The molecular formula is C18H34O4Si. The summed E-state index contributed by atoms with van der Waals surface area (Å²) in [5.41, 5.74) is 0. The molecule has 1 unspecified atom stereocenters. The molecule has 3 fully saturated rings. The highest BCUT2D eigenvalue weighted by Crippen LogP contribution is 2.55. The number of ether oxygens (including phenoxy) is 2.